The van der Waals surface area contributed by atoms with Gasteiger partial charge in [0.15, 0.2) is 0 Å². The van der Waals surface area contributed by atoms with E-state index in [2.05, 4.69) is 15.7 Å². The van der Waals surface area contributed by atoms with Crippen molar-refractivity contribution in [1.82, 2.24) is 9.78 Å². The highest BCUT2D eigenvalue weighted by atomic mass is 19.1. The third-order valence-electron chi connectivity index (χ3n) is 2.31. The van der Waals surface area contributed by atoms with Crippen molar-refractivity contribution < 1.29 is 9.18 Å². The normalized spacial score (nSPS) is 10.1. The first-order valence-corrected chi connectivity index (χ1v) is 5.42. The minimum Gasteiger partial charge on any atom is -0.374 e. The van der Waals surface area contributed by atoms with Crippen molar-refractivity contribution >= 4 is 17.3 Å². The zero-order chi connectivity index (χ0) is 13.0. The number of nitrogens with one attached hydrogen (secondary N) is 2. The molecule has 6 heteroatoms. The Morgan fingerprint density at radius 1 is 1.44 bits per heavy atom. The number of hydrogen-bond donors (Lipinski definition) is 2. The van der Waals surface area contributed by atoms with Gasteiger partial charge >= 0.3 is 0 Å². The highest BCUT2D eigenvalue weighted by Gasteiger charge is 2.06. The fourth-order valence-corrected chi connectivity index (χ4v) is 1.45. The maximum Gasteiger partial charge on any atom is 0.243 e. The van der Waals surface area contributed by atoms with Crippen LogP contribution in [-0.2, 0) is 11.8 Å². The molecule has 1 heterocycles. The fraction of sp³-hybridized carbons (Fsp3) is 0.167. The number of benzene rings is 1. The van der Waals surface area contributed by atoms with E-state index in [9.17, 15) is 9.18 Å². The highest BCUT2D eigenvalue weighted by molar-refractivity contribution is 5.93. The number of carbonyl (C=O) groups is 1. The Balaban J connectivity index is 1.88. The van der Waals surface area contributed by atoms with E-state index in [-0.39, 0.29) is 18.1 Å². The van der Waals surface area contributed by atoms with Crippen LogP contribution in [0.25, 0.3) is 0 Å². The molecule has 2 aromatic rings. The second kappa shape index (κ2) is 5.31. The van der Waals surface area contributed by atoms with Crippen molar-refractivity contribution in [1.29, 1.82) is 0 Å². The molecule has 2 rings (SSSR count). The highest BCUT2D eigenvalue weighted by Crippen LogP contribution is 2.12. The molecular formula is C12H13FN4O. The fourth-order valence-electron chi connectivity index (χ4n) is 1.45. The Morgan fingerprint density at radius 2 is 2.22 bits per heavy atom. The van der Waals surface area contributed by atoms with E-state index in [1.54, 1.807) is 36.3 Å². The summed E-state index contributed by atoms with van der Waals surface area (Å²) in [4.78, 5) is 11.6. The number of amides is 1. The number of halogens is 1. The number of aromatic nitrogens is 2. The largest absolute Gasteiger partial charge is 0.374 e. The molecule has 2 N–H and O–H groups in total. The van der Waals surface area contributed by atoms with Gasteiger partial charge in [-0.2, -0.15) is 5.10 Å². The van der Waals surface area contributed by atoms with Crippen molar-refractivity contribution in [3.05, 3.63) is 42.5 Å². The maximum atomic E-state index is 13.3. The van der Waals surface area contributed by atoms with Crippen LogP contribution in [0.5, 0.6) is 0 Å². The quantitative estimate of drug-likeness (QED) is 0.864. The van der Waals surface area contributed by atoms with Crippen LogP contribution < -0.4 is 10.6 Å². The molecule has 0 aliphatic heterocycles. The van der Waals surface area contributed by atoms with Crippen LogP contribution in [0, 0.1) is 5.82 Å². The minimum absolute atomic E-state index is 0.0556. The Labute approximate surface area is 104 Å². The summed E-state index contributed by atoms with van der Waals surface area (Å²) < 4.78 is 14.9. The smallest absolute Gasteiger partial charge is 0.243 e. The van der Waals surface area contributed by atoms with Crippen LogP contribution >= 0.6 is 0 Å². The standard InChI is InChI=1S/C12H13FN4O/c1-17-8-9(6-15-17)14-7-12(18)16-11-5-3-2-4-10(11)13/h2-6,8,14H,7H2,1H3,(H,16,18). The SMILES string of the molecule is Cn1cc(NCC(=O)Nc2ccccc2F)cn1. The summed E-state index contributed by atoms with van der Waals surface area (Å²) in [5.74, 6) is -0.767. The van der Waals surface area contributed by atoms with Gasteiger partial charge in [0.2, 0.25) is 5.91 Å². The van der Waals surface area contributed by atoms with Gasteiger partial charge in [-0.1, -0.05) is 12.1 Å². The lowest BCUT2D eigenvalue weighted by Gasteiger charge is -2.06. The summed E-state index contributed by atoms with van der Waals surface area (Å²) in [5, 5.41) is 9.33. The van der Waals surface area contributed by atoms with Gasteiger partial charge in [-0.25, -0.2) is 4.39 Å². The molecule has 0 saturated heterocycles. The zero-order valence-electron chi connectivity index (χ0n) is 9.85. The molecule has 1 aromatic heterocycles. The summed E-state index contributed by atoms with van der Waals surface area (Å²) in [6.45, 7) is 0.0556. The molecule has 0 unspecified atom stereocenters. The molecule has 94 valence electrons. The van der Waals surface area contributed by atoms with E-state index in [0.29, 0.717) is 0 Å². The third-order valence-corrected chi connectivity index (χ3v) is 2.31. The van der Waals surface area contributed by atoms with Gasteiger partial charge in [0.05, 0.1) is 24.1 Å². The lowest BCUT2D eigenvalue weighted by molar-refractivity contribution is -0.114. The second-order valence-corrected chi connectivity index (χ2v) is 3.78. The molecule has 0 saturated carbocycles. The van der Waals surface area contributed by atoms with E-state index >= 15 is 0 Å². The van der Waals surface area contributed by atoms with Crippen LogP contribution in [0.2, 0.25) is 0 Å². The predicted molar refractivity (Wildman–Crippen MR) is 66.7 cm³/mol. The summed E-state index contributed by atoms with van der Waals surface area (Å²) in [7, 11) is 1.78. The van der Waals surface area contributed by atoms with Gasteiger partial charge < -0.3 is 10.6 Å². The van der Waals surface area contributed by atoms with E-state index in [1.165, 1.54) is 12.1 Å². The number of aryl methyl sites for hydroxylation is 1. The Kier molecular flexibility index (Phi) is 3.57. The molecule has 0 aliphatic carbocycles. The Hall–Kier alpha value is -2.37. The third kappa shape index (κ3) is 3.07. The first-order valence-electron chi connectivity index (χ1n) is 5.42. The van der Waals surface area contributed by atoms with Gasteiger partial charge in [0, 0.05) is 13.2 Å². The topological polar surface area (TPSA) is 59.0 Å². The van der Waals surface area contributed by atoms with Gasteiger partial charge in [-0.3, -0.25) is 9.48 Å². The number of para-hydroxylation sites is 1. The summed E-state index contributed by atoms with van der Waals surface area (Å²) in [5.41, 5.74) is 0.914. The minimum atomic E-state index is -0.452. The second-order valence-electron chi connectivity index (χ2n) is 3.78. The summed E-state index contributed by atoms with van der Waals surface area (Å²) in [6, 6.07) is 6.04. The van der Waals surface area contributed by atoms with Gasteiger partial charge in [-0.15, -0.1) is 0 Å². The van der Waals surface area contributed by atoms with Gasteiger partial charge in [0.25, 0.3) is 0 Å². The molecule has 18 heavy (non-hydrogen) atoms. The first kappa shape index (κ1) is 12.1. The van der Waals surface area contributed by atoms with Gasteiger partial charge in [-0.05, 0) is 12.1 Å². The number of anilines is 2. The van der Waals surface area contributed by atoms with Crippen molar-refractivity contribution in [2.24, 2.45) is 7.05 Å². The molecular weight excluding hydrogens is 235 g/mol. The Morgan fingerprint density at radius 3 is 2.89 bits per heavy atom. The first-order chi connectivity index (χ1) is 8.65. The molecule has 0 atom stereocenters. The molecule has 0 bridgehead atoms. The summed E-state index contributed by atoms with van der Waals surface area (Å²) in [6.07, 6.45) is 3.35. The van der Waals surface area contributed by atoms with Crippen LogP contribution in [0.3, 0.4) is 0 Å². The average Bonchev–Trinajstić information content (AvgIpc) is 2.76. The number of hydrogen-bond acceptors (Lipinski definition) is 3. The lowest BCUT2D eigenvalue weighted by Crippen LogP contribution is -2.22. The van der Waals surface area contributed by atoms with Gasteiger partial charge in [0.1, 0.15) is 5.82 Å². The Bertz CT molecular complexity index is 553. The molecule has 1 aromatic carbocycles. The van der Waals surface area contributed by atoms with Crippen molar-refractivity contribution in [3.63, 3.8) is 0 Å². The van der Waals surface area contributed by atoms with Crippen molar-refractivity contribution in [2.75, 3.05) is 17.2 Å². The monoisotopic (exact) mass is 248 g/mol. The van der Waals surface area contributed by atoms with Crippen LogP contribution in [0.1, 0.15) is 0 Å². The maximum absolute atomic E-state index is 13.3. The zero-order valence-corrected chi connectivity index (χ0v) is 9.85. The van der Waals surface area contributed by atoms with E-state index in [1.807, 2.05) is 0 Å². The van der Waals surface area contributed by atoms with Crippen molar-refractivity contribution in [2.45, 2.75) is 0 Å². The van der Waals surface area contributed by atoms with Crippen LogP contribution in [-0.4, -0.2) is 22.2 Å². The lowest BCUT2D eigenvalue weighted by atomic mass is 10.3. The van der Waals surface area contributed by atoms with Crippen LogP contribution in [0.4, 0.5) is 15.8 Å². The number of rotatable bonds is 4. The number of carbonyl (C=O) groups excluding carboxylic acids is 1. The van der Waals surface area contributed by atoms with E-state index < -0.39 is 5.82 Å². The van der Waals surface area contributed by atoms with Crippen LogP contribution in [0.15, 0.2) is 36.7 Å². The summed E-state index contributed by atoms with van der Waals surface area (Å²) >= 11 is 0. The molecule has 0 aliphatic rings. The molecule has 1 amide bonds. The van der Waals surface area contributed by atoms with E-state index in [4.69, 9.17) is 0 Å². The predicted octanol–water partition coefficient (Wildman–Crippen LogP) is 1.61. The molecule has 0 radical (unpaired) electrons. The average molecular weight is 248 g/mol. The molecule has 0 fully saturated rings. The number of nitrogens with zero attached hydrogens (tertiary/aromatic N) is 2. The molecule has 0 spiro atoms. The van der Waals surface area contributed by atoms with E-state index in [0.717, 1.165) is 5.69 Å². The van der Waals surface area contributed by atoms with Crippen molar-refractivity contribution in [3.8, 4) is 0 Å². The molecule has 5 nitrogen and oxygen atoms in total.